The molecule has 2 aromatic rings. The van der Waals surface area contributed by atoms with Crippen molar-refractivity contribution in [3.63, 3.8) is 0 Å². The molecule has 0 atom stereocenters. The van der Waals surface area contributed by atoms with Crippen LogP contribution >= 0.6 is 23.4 Å². The molecule has 0 aromatic heterocycles. The number of ether oxygens (including phenoxy) is 1. The van der Waals surface area contributed by atoms with Crippen LogP contribution in [0.1, 0.15) is 19.3 Å². The predicted octanol–water partition coefficient (Wildman–Crippen LogP) is 5.18. The SMILES string of the molecule is COc1ccccc1NC(=O)C1CCN(CCCSc2ccccc2Cl)CC1. The number of hydrogen-bond acceptors (Lipinski definition) is 4. The van der Waals surface area contributed by atoms with Gasteiger partial charge in [0.15, 0.2) is 0 Å². The third kappa shape index (κ3) is 5.90. The van der Waals surface area contributed by atoms with Crippen molar-refractivity contribution < 1.29 is 9.53 Å². The lowest BCUT2D eigenvalue weighted by Crippen LogP contribution is -2.38. The molecular formula is C22H27ClN2O2S. The fraction of sp³-hybridized carbons (Fsp3) is 0.409. The molecule has 0 unspecified atom stereocenters. The fourth-order valence-electron chi connectivity index (χ4n) is 3.43. The number of amides is 1. The monoisotopic (exact) mass is 418 g/mol. The van der Waals surface area contributed by atoms with Crippen LogP contribution in [-0.2, 0) is 4.79 Å². The molecular weight excluding hydrogens is 392 g/mol. The topological polar surface area (TPSA) is 41.6 Å². The van der Waals surface area contributed by atoms with E-state index < -0.39 is 0 Å². The Morgan fingerprint density at radius 1 is 1.18 bits per heavy atom. The van der Waals surface area contributed by atoms with E-state index in [1.807, 2.05) is 54.2 Å². The van der Waals surface area contributed by atoms with E-state index >= 15 is 0 Å². The summed E-state index contributed by atoms with van der Waals surface area (Å²) < 4.78 is 5.31. The average molecular weight is 419 g/mol. The zero-order valence-corrected chi connectivity index (χ0v) is 17.8. The second-order valence-electron chi connectivity index (χ2n) is 6.94. The molecule has 1 aliphatic rings. The molecule has 1 saturated heterocycles. The number of likely N-dealkylation sites (tertiary alicyclic amines) is 1. The van der Waals surface area contributed by atoms with Crippen molar-refractivity contribution >= 4 is 35.0 Å². The normalized spacial score (nSPS) is 15.4. The van der Waals surface area contributed by atoms with Gasteiger partial charge in [0.05, 0.1) is 17.8 Å². The first kappa shape index (κ1) is 21.0. The maximum absolute atomic E-state index is 12.6. The number of halogens is 1. The Morgan fingerprint density at radius 3 is 2.64 bits per heavy atom. The van der Waals surface area contributed by atoms with Gasteiger partial charge in [-0.25, -0.2) is 0 Å². The summed E-state index contributed by atoms with van der Waals surface area (Å²) in [4.78, 5) is 16.2. The minimum atomic E-state index is 0.0682. The lowest BCUT2D eigenvalue weighted by atomic mass is 9.95. The number of carbonyl (C=O) groups is 1. The first-order valence-electron chi connectivity index (χ1n) is 9.71. The summed E-state index contributed by atoms with van der Waals surface area (Å²) >= 11 is 8.01. The molecule has 0 radical (unpaired) electrons. The van der Waals surface area contributed by atoms with Crippen LogP contribution in [0.25, 0.3) is 0 Å². The highest BCUT2D eigenvalue weighted by molar-refractivity contribution is 7.99. The molecule has 0 saturated carbocycles. The van der Waals surface area contributed by atoms with Crippen molar-refractivity contribution in [1.29, 1.82) is 0 Å². The van der Waals surface area contributed by atoms with Gasteiger partial charge in [-0.05, 0) is 68.9 Å². The maximum atomic E-state index is 12.6. The Hall–Kier alpha value is -1.69. The number of nitrogens with zero attached hydrogens (tertiary/aromatic N) is 1. The number of benzene rings is 2. The highest BCUT2D eigenvalue weighted by Crippen LogP contribution is 2.28. The van der Waals surface area contributed by atoms with Crippen LogP contribution in [0.3, 0.4) is 0 Å². The third-order valence-corrected chi connectivity index (χ3v) is 6.64. The summed E-state index contributed by atoms with van der Waals surface area (Å²) in [5.41, 5.74) is 0.744. The number of anilines is 1. The lowest BCUT2D eigenvalue weighted by Gasteiger charge is -2.31. The van der Waals surface area contributed by atoms with Crippen LogP contribution in [0.2, 0.25) is 5.02 Å². The largest absolute Gasteiger partial charge is 0.495 e. The van der Waals surface area contributed by atoms with Crippen molar-refractivity contribution in [1.82, 2.24) is 4.90 Å². The van der Waals surface area contributed by atoms with Crippen LogP contribution in [-0.4, -0.2) is 43.3 Å². The molecule has 0 spiro atoms. The van der Waals surface area contributed by atoms with Gasteiger partial charge in [0.1, 0.15) is 5.75 Å². The van der Waals surface area contributed by atoms with E-state index in [-0.39, 0.29) is 11.8 Å². The first-order chi connectivity index (χ1) is 13.7. The van der Waals surface area contributed by atoms with Gasteiger partial charge in [-0.1, -0.05) is 35.9 Å². The average Bonchev–Trinajstić information content (AvgIpc) is 2.73. The molecule has 1 amide bonds. The molecule has 1 aliphatic heterocycles. The number of para-hydroxylation sites is 2. The summed E-state index contributed by atoms with van der Waals surface area (Å²) in [5.74, 6) is 1.92. The number of hydrogen-bond donors (Lipinski definition) is 1. The minimum Gasteiger partial charge on any atom is -0.495 e. The van der Waals surface area contributed by atoms with Gasteiger partial charge in [0.25, 0.3) is 0 Å². The number of carbonyl (C=O) groups excluding carboxylic acids is 1. The maximum Gasteiger partial charge on any atom is 0.227 e. The number of thioether (sulfide) groups is 1. The van der Waals surface area contributed by atoms with Crippen molar-refractivity contribution in [3.8, 4) is 5.75 Å². The van der Waals surface area contributed by atoms with Crippen LogP contribution in [0, 0.1) is 5.92 Å². The van der Waals surface area contributed by atoms with Crippen LogP contribution in [0.4, 0.5) is 5.69 Å². The molecule has 150 valence electrons. The van der Waals surface area contributed by atoms with Crippen LogP contribution < -0.4 is 10.1 Å². The van der Waals surface area contributed by atoms with E-state index in [4.69, 9.17) is 16.3 Å². The zero-order chi connectivity index (χ0) is 19.8. The summed E-state index contributed by atoms with van der Waals surface area (Å²) in [6.07, 6.45) is 2.92. The van der Waals surface area contributed by atoms with Crippen molar-refractivity contribution in [3.05, 3.63) is 53.6 Å². The van der Waals surface area contributed by atoms with Crippen molar-refractivity contribution in [2.75, 3.05) is 37.8 Å². The summed E-state index contributed by atoms with van der Waals surface area (Å²) in [7, 11) is 1.62. The van der Waals surface area contributed by atoms with Gasteiger partial charge in [0.2, 0.25) is 5.91 Å². The Bertz CT molecular complexity index is 779. The molecule has 1 fully saturated rings. The van der Waals surface area contributed by atoms with Gasteiger partial charge in [-0.2, -0.15) is 0 Å². The highest BCUT2D eigenvalue weighted by atomic mass is 35.5. The van der Waals surface area contributed by atoms with E-state index in [1.165, 1.54) is 0 Å². The number of methoxy groups -OCH3 is 1. The van der Waals surface area contributed by atoms with Crippen molar-refractivity contribution in [2.45, 2.75) is 24.2 Å². The van der Waals surface area contributed by atoms with Gasteiger partial charge in [-0.3, -0.25) is 4.79 Å². The second kappa shape index (κ2) is 10.7. The number of nitrogens with one attached hydrogen (secondary N) is 1. The smallest absolute Gasteiger partial charge is 0.227 e. The van der Waals surface area contributed by atoms with Crippen LogP contribution in [0.15, 0.2) is 53.4 Å². The predicted molar refractivity (Wildman–Crippen MR) is 118 cm³/mol. The quantitative estimate of drug-likeness (QED) is 0.473. The van der Waals surface area contributed by atoms with E-state index in [1.54, 1.807) is 7.11 Å². The molecule has 4 nitrogen and oxygen atoms in total. The standard InChI is InChI=1S/C22H27ClN2O2S/c1-27-20-9-4-3-8-19(20)24-22(26)17-11-14-25(15-12-17)13-6-16-28-21-10-5-2-7-18(21)23/h2-5,7-10,17H,6,11-16H2,1H3,(H,24,26). The van der Waals surface area contributed by atoms with E-state index in [0.717, 1.165) is 60.3 Å². The molecule has 0 bridgehead atoms. The Labute approximate surface area is 176 Å². The van der Waals surface area contributed by atoms with E-state index in [9.17, 15) is 4.79 Å². The molecule has 1 N–H and O–H groups in total. The summed E-state index contributed by atoms with van der Waals surface area (Å²) in [5, 5.41) is 3.85. The molecule has 3 rings (SSSR count). The fourth-order valence-corrected chi connectivity index (χ4v) is 4.61. The molecule has 1 heterocycles. The van der Waals surface area contributed by atoms with Crippen LogP contribution in [0.5, 0.6) is 5.75 Å². The van der Waals surface area contributed by atoms with E-state index in [2.05, 4.69) is 16.3 Å². The third-order valence-electron chi connectivity index (χ3n) is 5.04. The lowest BCUT2D eigenvalue weighted by molar-refractivity contribution is -0.121. The van der Waals surface area contributed by atoms with Gasteiger partial charge in [0, 0.05) is 10.8 Å². The highest BCUT2D eigenvalue weighted by Gasteiger charge is 2.25. The number of piperidine rings is 1. The van der Waals surface area contributed by atoms with Crippen molar-refractivity contribution in [2.24, 2.45) is 5.92 Å². The van der Waals surface area contributed by atoms with Gasteiger partial charge in [-0.15, -0.1) is 11.8 Å². The Kier molecular flexibility index (Phi) is 8.07. The Balaban J connectivity index is 1.37. The Morgan fingerprint density at radius 2 is 1.89 bits per heavy atom. The number of rotatable bonds is 8. The summed E-state index contributed by atoms with van der Waals surface area (Å²) in [6.45, 7) is 3.01. The zero-order valence-electron chi connectivity index (χ0n) is 16.2. The van der Waals surface area contributed by atoms with Gasteiger partial charge < -0.3 is 15.0 Å². The van der Waals surface area contributed by atoms with E-state index in [0.29, 0.717) is 5.75 Å². The van der Waals surface area contributed by atoms with Gasteiger partial charge >= 0.3 is 0 Å². The molecule has 28 heavy (non-hydrogen) atoms. The second-order valence-corrected chi connectivity index (χ2v) is 8.48. The molecule has 2 aromatic carbocycles. The first-order valence-corrected chi connectivity index (χ1v) is 11.1. The summed E-state index contributed by atoms with van der Waals surface area (Å²) in [6, 6.07) is 15.5. The minimum absolute atomic E-state index is 0.0682. The molecule has 0 aliphatic carbocycles. The molecule has 6 heteroatoms.